The number of aromatic nitrogens is 3. The van der Waals surface area contributed by atoms with Crippen molar-refractivity contribution in [1.29, 1.82) is 0 Å². The molecule has 1 heterocycles. The minimum Gasteiger partial charge on any atom is -0.319 e. The molecule has 1 aromatic heterocycles. The normalized spacial score (nSPS) is 15.8. The van der Waals surface area contributed by atoms with E-state index in [2.05, 4.69) is 20.2 Å². The minimum atomic E-state index is -3.36. The van der Waals surface area contributed by atoms with Crippen LogP contribution < -0.4 is 10.0 Å². The van der Waals surface area contributed by atoms with Gasteiger partial charge in [0.2, 0.25) is 10.0 Å². The van der Waals surface area contributed by atoms with E-state index in [0.29, 0.717) is 12.4 Å². The highest BCUT2D eigenvalue weighted by atomic mass is 32.2. The maximum atomic E-state index is 11.9. The van der Waals surface area contributed by atoms with E-state index in [-0.39, 0.29) is 0 Å². The summed E-state index contributed by atoms with van der Waals surface area (Å²) < 4.78 is 28.1. The molecule has 0 aliphatic carbocycles. The largest absolute Gasteiger partial charge is 0.319 e. The molecule has 0 saturated carbocycles. The van der Waals surface area contributed by atoms with Gasteiger partial charge in [0.25, 0.3) is 0 Å². The first kappa shape index (κ1) is 14.1. The molecule has 2 unspecified atom stereocenters. The third-order valence-electron chi connectivity index (χ3n) is 2.50. The number of nitrogens with zero attached hydrogens (tertiary/aromatic N) is 3. The molecule has 17 heavy (non-hydrogen) atoms. The van der Waals surface area contributed by atoms with E-state index in [1.807, 2.05) is 0 Å². The average Bonchev–Trinajstić information content (AvgIpc) is 2.64. The third kappa shape index (κ3) is 3.48. The van der Waals surface area contributed by atoms with Crippen molar-refractivity contribution < 1.29 is 8.42 Å². The quantitative estimate of drug-likeness (QED) is 0.714. The van der Waals surface area contributed by atoms with E-state index in [9.17, 15) is 8.42 Å². The van der Waals surface area contributed by atoms with Crippen molar-refractivity contribution in [3.05, 3.63) is 12.2 Å². The molecule has 0 aliphatic heterocycles. The fraction of sp³-hybridized carbons (Fsp3) is 0.778. The Morgan fingerprint density at radius 2 is 2.12 bits per heavy atom. The van der Waals surface area contributed by atoms with E-state index in [1.165, 1.54) is 6.33 Å². The van der Waals surface area contributed by atoms with Crippen LogP contribution in [0.15, 0.2) is 6.33 Å². The second kappa shape index (κ2) is 5.56. The van der Waals surface area contributed by atoms with Crippen LogP contribution in [0.3, 0.4) is 0 Å². The molecule has 7 nitrogen and oxygen atoms in total. The number of nitrogens with one attached hydrogen (secondary N) is 2. The van der Waals surface area contributed by atoms with E-state index < -0.39 is 21.3 Å². The molecule has 2 N–H and O–H groups in total. The van der Waals surface area contributed by atoms with Gasteiger partial charge in [0.15, 0.2) is 0 Å². The Kier molecular flexibility index (Phi) is 4.61. The maximum Gasteiger partial charge on any atom is 0.216 e. The smallest absolute Gasteiger partial charge is 0.216 e. The van der Waals surface area contributed by atoms with E-state index in [4.69, 9.17) is 0 Å². The topological polar surface area (TPSA) is 88.9 Å². The van der Waals surface area contributed by atoms with Gasteiger partial charge in [0.05, 0.1) is 11.3 Å². The van der Waals surface area contributed by atoms with Crippen LogP contribution in [-0.4, -0.2) is 42.0 Å². The van der Waals surface area contributed by atoms with Gasteiger partial charge in [-0.1, -0.05) is 0 Å². The van der Waals surface area contributed by atoms with Crippen LogP contribution >= 0.6 is 0 Å². The molecule has 0 radical (unpaired) electrons. The van der Waals surface area contributed by atoms with Crippen LogP contribution in [0, 0.1) is 0 Å². The summed E-state index contributed by atoms with van der Waals surface area (Å²) >= 11 is 0. The molecule has 0 aliphatic rings. The fourth-order valence-corrected chi connectivity index (χ4v) is 2.71. The zero-order chi connectivity index (χ0) is 13.1. The van der Waals surface area contributed by atoms with Gasteiger partial charge < -0.3 is 9.88 Å². The number of hydrogen-bond donors (Lipinski definition) is 2. The SMILES string of the molecule is CNCC(C)S(=O)(=O)NC(C)c1nncn1C. The van der Waals surface area contributed by atoms with E-state index in [0.717, 1.165) is 0 Å². The number of rotatable bonds is 6. The summed E-state index contributed by atoms with van der Waals surface area (Å²) in [5.74, 6) is 0.588. The van der Waals surface area contributed by atoms with Gasteiger partial charge >= 0.3 is 0 Å². The van der Waals surface area contributed by atoms with Crippen molar-refractivity contribution in [2.24, 2.45) is 7.05 Å². The predicted octanol–water partition coefficient (Wildman–Crippen LogP) is -0.597. The molecule has 1 rings (SSSR count). The molecule has 0 spiro atoms. The molecule has 0 amide bonds. The van der Waals surface area contributed by atoms with Gasteiger partial charge in [0.1, 0.15) is 12.2 Å². The second-order valence-corrected chi connectivity index (χ2v) is 6.18. The summed E-state index contributed by atoms with van der Waals surface area (Å²) in [5.41, 5.74) is 0. The summed E-state index contributed by atoms with van der Waals surface area (Å²) in [6, 6.07) is -0.396. The molecule has 98 valence electrons. The molecule has 0 aromatic carbocycles. The minimum absolute atomic E-state index is 0.396. The van der Waals surface area contributed by atoms with Crippen molar-refractivity contribution in [2.45, 2.75) is 25.1 Å². The molecular formula is C9H19N5O2S. The monoisotopic (exact) mass is 261 g/mol. The fourth-order valence-electron chi connectivity index (χ4n) is 1.50. The van der Waals surface area contributed by atoms with Crippen LogP contribution in [-0.2, 0) is 17.1 Å². The number of hydrogen-bond acceptors (Lipinski definition) is 5. The first-order chi connectivity index (χ1) is 7.88. The van der Waals surface area contributed by atoms with Gasteiger partial charge in [-0.2, -0.15) is 0 Å². The Morgan fingerprint density at radius 3 is 2.59 bits per heavy atom. The Labute approximate surface area is 102 Å². The summed E-state index contributed by atoms with van der Waals surface area (Å²) in [5, 5.41) is 9.94. The number of sulfonamides is 1. The van der Waals surface area contributed by atoms with Gasteiger partial charge in [0, 0.05) is 13.6 Å². The molecule has 0 bridgehead atoms. The van der Waals surface area contributed by atoms with Gasteiger partial charge in [-0.15, -0.1) is 10.2 Å². The lowest BCUT2D eigenvalue weighted by Gasteiger charge is -2.17. The van der Waals surface area contributed by atoms with Crippen LogP contribution in [0.1, 0.15) is 25.7 Å². The number of aryl methyl sites for hydroxylation is 1. The van der Waals surface area contributed by atoms with Crippen molar-refractivity contribution in [2.75, 3.05) is 13.6 Å². The van der Waals surface area contributed by atoms with Crippen molar-refractivity contribution in [3.63, 3.8) is 0 Å². The molecular weight excluding hydrogens is 242 g/mol. The predicted molar refractivity (Wildman–Crippen MR) is 64.9 cm³/mol. The summed E-state index contributed by atoms with van der Waals surface area (Å²) in [6.45, 7) is 3.80. The Morgan fingerprint density at radius 1 is 1.47 bits per heavy atom. The zero-order valence-corrected chi connectivity index (χ0v) is 11.3. The van der Waals surface area contributed by atoms with E-state index in [1.54, 1.807) is 32.5 Å². The van der Waals surface area contributed by atoms with Crippen molar-refractivity contribution in [1.82, 2.24) is 24.8 Å². The van der Waals surface area contributed by atoms with E-state index >= 15 is 0 Å². The summed E-state index contributed by atoms with van der Waals surface area (Å²) in [4.78, 5) is 0. The highest BCUT2D eigenvalue weighted by Crippen LogP contribution is 2.10. The van der Waals surface area contributed by atoms with Crippen LogP contribution in [0.25, 0.3) is 0 Å². The Bertz CT molecular complexity index is 456. The van der Waals surface area contributed by atoms with Gasteiger partial charge in [-0.25, -0.2) is 13.1 Å². The lowest BCUT2D eigenvalue weighted by Crippen LogP contribution is -2.39. The van der Waals surface area contributed by atoms with Crippen molar-refractivity contribution >= 4 is 10.0 Å². The lowest BCUT2D eigenvalue weighted by molar-refractivity contribution is 0.538. The standard InChI is InChI=1S/C9H19N5O2S/c1-7(5-10-3)17(15,16)13-8(2)9-12-11-6-14(9)4/h6-8,10,13H,5H2,1-4H3. The Hall–Kier alpha value is -0.990. The summed E-state index contributed by atoms with van der Waals surface area (Å²) in [7, 11) is 0.137. The van der Waals surface area contributed by atoms with Gasteiger partial charge in [-0.3, -0.25) is 0 Å². The average molecular weight is 261 g/mol. The first-order valence-electron chi connectivity index (χ1n) is 5.38. The second-order valence-electron chi connectivity index (χ2n) is 4.05. The molecule has 8 heteroatoms. The van der Waals surface area contributed by atoms with Crippen LogP contribution in [0.5, 0.6) is 0 Å². The zero-order valence-electron chi connectivity index (χ0n) is 10.5. The molecule has 2 atom stereocenters. The van der Waals surface area contributed by atoms with Crippen LogP contribution in [0.2, 0.25) is 0 Å². The highest BCUT2D eigenvalue weighted by molar-refractivity contribution is 7.90. The molecule has 0 fully saturated rings. The van der Waals surface area contributed by atoms with Gasteiger partial charge in [-0.05, 0) is 20.9 Å². The Balaban J connectivity index is 2.75. The van der Waals surface area contributed by atoms with Crippen LogP contribution in [0.4, 0.5) is 0 Å². The molecule has 1 aromatic rings. The lowest BCUT2D eigenvalue weighted by atomic mass is 10.3. The highest BCUT2D eigenvalue weighted by Gasteiger charge is 2.24. The first-order valence-corrected chi connectivity index (χ1v) is 6.92. The third-order valence-corrected chi connectivity index (χ3v) is 4.40. The maximum absolute atomic E-state index is 11.9. The molecule has 0 saturated heterocycles. The van der Waals surface area contributed by atoms with Crippen molar-refractivity contribution in [3.8, 4) is 0 Å². The summed E-state index contributed by atoms with van der Waals surface area (Å²) in [6.07, 6.45) is 1.54.